The zero-order valence-electron chi connectivity index (χ0n) is 14.6. The first kappa shape index (κ1) is 20.2. The van der Waals surface area contributed by atoms with Crippen LogP contribution in [0.15, 0.2) is 41.7 Å². The second-order valence-corrected chi connectivity index (χ2v) is 5.40. The fourth-order valence-electron chi connectivity index (χ4n) is 2.16. The molecule has 132 valence electrons. The highest BCUT2D eigenvalue weighted by Crippen LogP contribution is 2.13. The molecule has 1 atom stereocenters. The van der Waals surface area contributed by atoms with Crippen molar-refractivity contribution in [1.82, 2.24) is 25.4 Å². The molecule has 0 aliphatic carbocycles. The third-order valence-electron chi connectivity index (χ3n) is 3.83. The maximum Gasteiger partial charge on any atom is 0.191 e. The molecule has 0 spiro atoms. The van der Waals surface area contributed by atoms with Gasteiger partial charge < -0.3 is 15.5 Å². The zero-order valence-corrected chi connectivity index (χ0v) is 16.9. The number of rotatable bonds is 6. The lowest BCUT2D eigenvalue weighted by Gasteiger charge is -2.27. The van der Waals surface area contributed by atoms with E-state index in [4.69, 9.17) is 0 Å². The molecule has 0 fully saturated rings. The smallest absolute Gasteiger partial charge is 0.191 e. The van der Waals surface area contributed by atoms with Gasteiger partial charge >= 0.3 is 0 Å². The first-order chi connectivity index (χ1) is 11.1. The van der Waals surface area contributed by atoms with Gasteiger partial charge in [-0.25, -0.2) is 4.98 Å². The van der Waals surface area contributed by atoms with Crippen LogP contribution in [0.25, 0.3) is 0 Å². The van der Waals surface area contributed by atoms with Gasteiger partial charge in [-0.05, 0) is 19.1 Å². The maximum absolute atomic E-state index is 4.24. The monoisotopic (exact) mass is 443 g/mol. The minimum absolute atomic E-state index is 0. The summed E-state index contributed by atoms with van der Waals surface area (Å²) in [6.45, 7) is 3.54. The fourth-order valence-corrected chi connectivity index (χ4v) is 2.16. The van der Waals surface area contributed by atoms with Gasteiger partial charge in [-0.2, -0.15) is 5.10 Å². The number of guanidine groups is 1. The van der Waals surface area contributed by atoms with E-state index in [0.717, 1.165) is 18.3 Å². The Morgan fingerprint density at radius 3 is 2.58 bits per heavy atom. The number of nitrogens with one attached hydrogen (secondary N) is 2. The predicted molar refractivity (Wildman–Crippen MR) is 109 cm³/mol. The number of hydrogen-bond acceptors (Lipinski definition) is 4. The molecule has 0 amide bonds. The maximum atomic E-state index is 4.24. The van der Waals surface area contributed by atoms with Gasteiger partial charge in [0, 0.05) is 39.4 Å². The van der Waals surface area contributed by atoms with E-state index in [0.29, 0.717) is 12.6 Å². The van der Waals surface area contributed by atoms with Crippen LogP contribution < -0.4 is 15.5 Å². The van der Waals surface area contributed by atoms with Crippen LogP contribution in [0.5, 0.6) is 0 Å². The van der Waals surface area contributed by atoms with Crippen molar-refractivity contribution >= 4 is 35.6 Å². The molecule has 1 aromatic heterocycles. The highest BCUT2D eigenvalue weighted by atomic mass is 127. The molecule has 24 heavy (non-hydrogen) atoms. The average Bonchev–Trinajstić information content (AvgIpc) is 3.00. The van der Waals surface area contributed by atoms with Crippen molar-refractivity contribution < 1.29 is 0 Å². The summed E-state index contributed by atoms with van der Waals surface area (Å²) in [5, 5.41) is 10.6. The molecule has 1 heterocycles. The van der Waals surface area contributed by atoms with Crippen molar-refractivity contribution in [3.63, 3.8) is 0 Å². The lowest BCUT2D eigenvalue weighted by molar-refractivity contribution is 0.637. The van der Waals surface area contributed by atoms with E-state index < -0.39 is 0 Å². The topological polar surface area (TPSA) is 70.4 Å². The number of likely N-dealkylation sites (N-methyl/N-ethyl adjacent to an activating group) is 1. The number of benzene rings is 1. The Labute approximate surface area is 160 Å². The van der Waals surface area contributed by atoms with Crippen molar-refractivity contribution in [1.29, 1.82) is 0 Å². The van der Waals surface area contributed by atoms with E-state index in [1.807, 2.05) is 25.2 Å². The van der Waals surface area contributed by atoms with Gasteiger partial charge in [-0.3, -0.25) is 9.67 Å². The summed E-state index contributed by atoms with van der Waals surface area (Å²) in [4.78, 5) is 10.7. The number of aliphatic imine (C=N–C) groups is 1. The van der Waals surface area contributed by atoms with Crippen LogP contribution in [0, 0.1) is 0 Å². The summed E-state index contributed by atoms with van der Waals surface area (Å²) >= 11 is 0. The molecule has 1 aromatic carbocycles. The minimum Gasteiger partial charge on any atom is -0.370 e. The van der Waals surface area contributed by atoms with Gasteiger partial charge in [0.05, 0.1) is 6.54 Å². The van der Waals surface area contributed by atoms with Crippen molar-refractivity contribution in [2.45, 2.75) is 19.5 Å². The van der Waals surface area contributed by atoms with E-state index in [9.17, 15) is 0 Å². The Hall–Kier alpha value is -1.84. The summed E-state index contributed by atoms with van der Waals surface area (Å²) in [5.41, 5.74) is 1.20. The molecular formula is C16H26IN7. The van der Waals surface area contributed by atoms with Gasteiger partial charge in [0.25, 0.3) is 0 Å². The van der Waals surface area contributed by atoms with Crippen LogP contribution in [0.2, 0.25) is 0 Å². The Balaban J connectivity index is 0.00000288. The summed E-state index contributed by atoms with van der Waals surface area (Å²) < 4.78 is 1.74. The summed E-state index contributed by atoms with van der Waals surface area (Å²) in [5.74, 6) is 1.61. The summed E-state index contributed by atoms with van der Waals surface area (Å²) in [7, 11) is 5.73. The van der Waals surface area contributed by atoms with E-state index in [-0.39, 0.29) is 24.0 Å². The highest BCUT2D eigenvalue weighted by Gasteiger charge is 2.10. The first-order valence-corrected chi connectivity index (χ1v) is 7.67. The van der Waals surface area contributed by atoms with Crippen LogP contribution in [0.1, 0.15) is 12.7 Å². The molecule has 0 aliphatic rings. The molecule has 0 saturated heterocycles. The molecule has 0 aliphatic heterocycles. The van der Waals surface area contributed by atoms with Crippen molar-refractivity contribution in [2.24, 2.45) is 12.0 Å². The second kappa shape index (κ2) is 10.1. The number of hydrogen-bond donors (Lipinski definition) is 2. The van der Waals surface area contributed by atoms with Crippen LogP contribution in [0.4, 0.5) is 5.69 Å². The highest BCUT2D eigenvalue weighted by molar-refractivity contribution is 14.0. The SMILES string of the molecule is CN=C(NCc1ncnn1C)NCC(C)N(C)c1ccccc1.I. The normalized spacial score (nSPS) is 12.2. The molecule has 0 bridgehead atoms. The second-order valence-electron chi connectivity index (χ2n) is 5.40. The zero-order chi connectivity index (χ0) is 16.7. The van der Waals surface area contributed by atoms with Crippen LogP contribution in [-0.4, -0.2) is 47.4 Å². The summed E-state index contributed by atoms with van der Waals surface area (Å²) in [6, 6.07) is 10.7. The standard InChI is InChI=1S/C16H25N7.HI/c1-13(22(3)14-8-6-5-7-9-14)10-18-16(17-2)19-11-15-20-12-21-23(15)4;/h5-9,12-13H,10-11H2,1-4H3,(H2,17,18,19);1H. The average molecular weight is 443 g/mol. The molecule has 0 radical (unpaired) electrons. The number of aryl methyl sites for hydroxylation is 1. The lowest BCUT2D eigenvalue weighted by atomic mass is 10.2. The Morgan fingerprint density at radius 2 is 2.00 bits per heavy atom. The van der Waals surface area contributed by atoms with Crippen LogP contribution in [0.3, 0.4) is 0 Å². The van der Waals surface area contributed by atoms with Gasteiger partial charge in [0.1, 0.15) is 12.2 Å². The van der Waals surface area contributed by atoms with Gasteiger partial charge in [0.15, 0.2) is 5.96 Å². The van der Waals surface area contributed by atoms with Crippen LogP contribution >= 0.6 is 24.0 Å². The fraction of sp³-hybridized carbons (Fsp3) is 0.438. The molecule has 8 heteroatoms. The van der Waals surface area contributed by atoms with E-state index in [2.05, 4.69) is 56.7 Å². The summed E-state index contributed by atoms with van der Waals surface area (Å²) in [6.07, 6.45) is 1.55. The third kappa shape index (κ3) is 5.66. The van der Waals surface area contributed by atoms with E-state index in [1.165, 1.54) is 5.69 Å². The molecule has 7 nitrogen and oxygen atoms in total. The Kier molecular flexibility index (Phi) is 8.51. The van der Waals surface area contributed by atoms with E-state index in [1.54, 1.807) is 18.1 Å². The molecular weight excluding hydrogens is 417 g/mol. The quantitative estimate of drug-likeness (QED) is 0.404. The lowest BCUT2D eigenvalue weighted by Crippen LogP contribution is -2.45. The van der Waals surface area contributed by atoms with Crippen LogP contribution in [-0.2, 0) is 13.6 Å². The number of anilines is 1. The van der Waals surface area contributed by atoms with Crippen molar-refractivity contribution in [3.8, 4) is 0 Å². The largest absolute Gasteiger partial charge is 0.370 e. The minimum atomic E-state index is 0. The molecule has 2 rings (SSSR count). The number of nitrogens with zero attached hydrogens (tertiary/aromatic N) is 5. The Morgan fingerprint density at radius 1 is 1.29 bits per heavy atom. The first-order valence-electron chi connectivity index (χ1n) is 7.67. The number of aromatic nitrogens is 3. The van der Waals surface area contributed by atoms with Gasteiger partial charge in [-0.1, -0.05) is 18.2 Å². The van der Waals surface area contributed by atoms with Gasteiger partial charge in [-0.15, -0.1) is 24.0 Å². The predicted octanol–water partition coefficient (Wildman–Crippen LogP) is 1.62. The third-order valence-corrected chi connectivity index (χ3v) is 3.83. The number of halogens is 1. The molecule has 0 saturated carbocycles. The molecule has 2 aromatic rings. The van der Waals surface area contributed by atoms with Gasteiger partial charge in [0.2, 0.25) is 0 Å². The Bertz CT molecular complexity index is 626. The molecule has 2 N–H and O–H groups in total. The number of para-hydroxylation sites is 1. The van der Waals surface area contributed by atoms with Crippen molar-refractivity contribution in [3.05, 3.63) is 42.5 Å². The van der Waals surface area contributed by atoms with E-state index >= 15 is 0 Å². The molecule has 1 unspecified atom stereocenters. The van der Waals surface area contributed by atoms with Crippen molar-refractivity contribution in [2.75, 3.05) is 25.5 Å².